The molecule has 8 nitrogen and oxygen atoms in total. The lowest BCUT2D eigenvalue weighted by atomic mass is 10.1. The van der Waals surface area contributed by atoms with Gasteiger partial charge in [0, 0.05) is 32.1 Å². The Labute approximate surface area is 170 Å². The molecule has 0 bridgehead atoms. The number of nitrogens with one attached hydrogen (secondary N) is 2. The Hall–Kier alpha value is -1.65. The van der Waals surface area contributed by atoms with E-state index < -0.39 is 21.7 Å². The summed E-state index contributed by atoms with van der Waals surface area (Å²) >= 11 is 1.19. The van der Waals surface area contributed by atoms with Crippen molar-refractivity contribution in [1.82, 2.24) is 14.9 Å². The lowest BCUT2D eigenvalue weighted by molar-refractivity contribution is -0.132. The zero-order valence-corrected chi connectivity index (χ0v) is 18.2. The summed E-state index contributed by atoms with van der Waals surface area (Å²) < 4.78 is 32.7. The standard InChI is InChI=1S/C18H29N3O5S2/c1-18(2,3)26-17(23)19-10-4-6-15(22)21-11-8-14(9-12-21)20-28(24,25)16-7-5-13-27-16/h5,7,13-14,20H,4,6,8-12H2,1-3H3,(H,19,23). The van der Waals surface area contributed by atoms with E-state index in [9.17, 15) is 18.0 Å². The van der Waals surface area contributed by atoms with Gasteiger partial charge in [0.2, 0.25) is 15.9 Å². The zero-order valence-electron chi connectivity index (χ0n) is 16.6. The van der Waals surface area contributed by atoms with Crippen molar-refractivity contribution in [2.45, 2.75) is 62.3 Å². The van der Waals surface area contributed by atoms with E-state index >= 15 is 0 Å². The van der Waals surface area contributed by atoms with Crippen LogP contribution in [-0.2, 0) is 19.6 Å². The van der Waals surface area contributed by atoms with Crippen LogP contribution in [0.1, 0.15) is 46.5 Å². The van der Waals surface area contributed by atoms with Crippen LogP contribution in [0.15, 0.2) is 21.7 Å². The summed E-state index contributed by atoms with van der Waals surface area (Å²) in [5.74, 6) is 0.0190. The number of piperidine rings is 1. The Morgan fingerprint density at radius 3 is 2.54 bits per heavy atom. The van der Waals surface area contributed by atoms with Crippen molar-refractivity contribution in [2.75, 3.05) is 19.6 Å². The van der Waals surface area contributed by atoms with Crippen LogP contribution >= 0.6 is 11.3 Å². The summed E-state index contributed by atoms with van der Waals surface area (Å²) in [5.41, 5.74) is -0.546. The molecule has 158 valence electrons. The van der Waals surface area contributed by atoms with E-state index in [1.165, 1.54) is 11.3 Å². The third-order valence-electron chi connectivity index (χ3n) is 4.17. The molecule has 1 aliphatic heterocycles. The topological polar surface area (TPSA) is 105 Å². The number of ether oxygens (including phenoxy) is 1. The van der Waals surface area contributed by atoms with E-state index in [1.807, 2.05) is 0 Å². The Bertz CT molecular complexity index is 749. The highest BCUT2D eigenvalue weighted by Gasteiger charge is 2.27. The molecule has 2 rings (SSSR count). The van der Waals surface area contributed by atoms with Crippen LogP contribution in [0.4, 0.5) is 4.79 Å². The molecule has 1 saturated heterocycles. The van der Waals surface area contributed by atoms with Crippen LogP contribution in [0.5, 0.6) is 0 Å². The van der Waals surface area contributed by atoms with E-state index in [2.05, 4.69) is 10.0 Å². The van der Waals surface area contributed by atoms with Gasteiger partial charge in [-0.05, 0) is 51.5 Å². The molecule has 1 aliphatic rings. The van der Waals surface area contributed by atoms with Crippen molar-refractivity contribution in [3.05, 3.63) is 17.5 Å². The summed E-state index contributed by atoms with van der Waals surface area (Å²) in [6.07, 6.45) is 1.56. The second-order valence-corrected chi connectivity index (χ2v) is 10.6. The van der Waals surface area contributed by atoms with Gasteiger partial charge in [0.05, 0.1) is 0 Å². The first-order valence-electron chi connectivity index (χ1n) is 9.37. The molecule has 2 heterocycles. The molecule has 0 unspecified atom stereocenters. The largest absolute Gasteiger partial charge is 0.444 e. The number of sulfonamides is 1. The maximum Gasteiger partial charge on any atom is 0.407 e. The summed E-state index contributed by atoms with van der Waals surface area (Å²) in [6.45, 7) is 6.80. The minimum absolute atomic E-state index is 0.0190. The zero-order chi connectivity index (χ0) is 20.8. The van der Waals surface area contributed by atoms with E-state index in [4.69, 9.17) is 4.74 Å². The number of rotatable bonds is 7. The fourth-order valence-electron chi connectivity index (χ4n) is 2.84. The van der Waals surface area contributed by atoms with Crippen LogP contribution < -0.4 is 10.0 Å². The van der Waals surface area contributed by atoms with Gasteiger partial charge in [0.15, 0.2) is 0 Å². The number of alkyl carbamates (subject to hydrolysis) is 1. The number of hydrogen-bond donors (Lipinski definition) is 2. The van der Waals surface area contributed by atoms with Gasteiger partial charge >= 0.3 is 6.09 Å². The van der Waals surface area contributed by atoms with Crippen LogP contribution in [-0.4, -0.2) is 56.6 Å². The third kappa shape index (κ3) is 7.40. The van der Waals surface area contributed by atoms with Crippen molar-refractivity contribution in [2.24, 2.45) is 0 Å². The van der Waals surface area contributed by atoms with Crippen LogP contribution in [0.2, 0.25) is 0 Å². The lowest BCUT2D eigenvalue weighted by Gasteiger charge is -2.32. The van der Waals surface area contributed by atoms with E-state index in [0.717, 1.165) is 0 Å². The molecule has 0 aromatic carbocycles. The number of thiophene rings is 1. The molecule has 28 heavy (non-hydrogen) atoms. The minimum atomic E-state index is -3.48. The number of nitrogens with zero attached hydrogens (tertiary/aromatic N) is 1. The quantitative estimate of drug-likeness (QED) is 0.645. The van der Waals surface area contributed by atoms with Crippen molar-refractivity contribution in [3.8, 4) is 0 Å². The second-order valence-electron chi connectivity index (χ2n) is 7.74. The fourth-order valence-corrected chi connectivity index (χ4v) is 5.16. The molecule has 0 spiro atoms. The number of carbonyl (C=O) groups is 2. The number of amides is 2. The van der Waals surface area contributed by atoms with E-state index in [-0.39, 0.29) is 11.9 Å². The maximum atomic E-state index is 12.3. The van der Waals surface area contributed by atoms with Gasteiger partial charge in [0.25, 0.3) is 0 Å². The average molecular weight is 432 g/mol. The molecule has 0 saturated carbocycles. The van der Waals surface area contributed by atoms with Crippen molar-refractivity contribution >= 4 is 33.4 Å². The molecule has 1 aromatic heterocycles. The van der Waals surface area contributed by atoms with Gasteiger partial charge in [-0.2, -0.15) is 0 Å². The molecule has 2 N–H and O–H groups in total. The molecule has 0 aliphatic carbocycles. The van der Waals surface area contributed by atoms with E-state index in [1.54, 1.807) is 43.2 Å². The summed E-state index contributed by atoms with van der Waals surface area (Å²) in [6, 6.07) is 3.12. The van der Waals surface area contributed by atoms with Crippen LogP contribution in [0, 0.1) is 0 Å². The van der Waals surface area contributed by atoms with Crippen LogP contribution in [0.25, 0.3) is 0 Å². The van der Waals surface area contributed by atoms with Gasteiger partial charge in [-0.25, -0.2) is 17.9 Å². The van der Waals surface area contributed by atoms with Crippen molar-refractivity contribution in [3.63, 3.8) is 0 Å². The lowest BCUT2D eigenvalue weighted by Crippen LogP contribution is -2.46. The third-order valence-corrected chi connectivity index (χ3v) is 7.08. The first-order chi connectivity index (χ1) is 13.1. The summed E-state index contributed by atoms with van der Waals surface area (Å²) in [5, 5.41) is 4.37. The van der Waals surface area contributed by atoms with E-state index in [0.29, 0.717) is 49.5 Å². The predicted molar refractivity (Wildman–Crippen MR) is 108 cm³/mol. The predicted octanol–water partition coefficient (Wildman–Crippen LogP) is 2.32. The van der Waals surface area contributed by atoms with Gasteiger partial charge in [-0.15, -0.1) is 11.3 Å². The number of likely N-dealkylation sites (tertiary alicyclic amines) is 1. The molecule has 10 heteroatoms. The highest BCUT2D eigenvalue weighted by atomic mass is 32.2. The van der Waals surface area contributed by atoms with Crippen molar-refractivity contribution in [1.29, 1.82) is 0 Å². The monoisotopic (exact) mass is 431 g/mol. The molecular weight excluding hydrogens is 402 g/mol. The van der Waals surface area contributed by atoms with Crippen LogP contribution in [0.3, 0.4) is 0 Å². The molecule has 1 fully saturated rings. The van der Waals surface area contributed by atoms with Gasteiger partial charge in [-0.1, -0.05) is 6.07 Å². The Morgan fingerprint density at radius 2 is 1.96 bits per heavy atom. The highest BCUT2D eigenvalue weighted by molar-refractivity contribution is 7.91. The SMILES string of the molecule is CC(C)(C)OC(=O)NCCCC(=O)N1CCC(NS(=O)(=O)c2cccs2)CC1. The first kappa shape index (κ1) is 22.6. The van der Waals surface area contributed by atoms with Crippen molar-refractivity contribution < 1.29 is 22.7 Å². The molecule has 1 aromatic rings. The highest BCUT2D eigenvalue weighted by Crippen LogP contribution is 2.19. The van der Waals surface area contributed by atoms with Gasteiger partial charge < -0.3 is 15.0 Å². The smallest absolute Gasteiger partial charge is 0.407 e. The first-order valence-corrected chi connectivity index (χ1v) is 11.7. The number of carbonyl (C=O) groups excluding carboxylic acids is 2. The molecule has 0 atom stereocenters. The van der Waals surface area contributed by atoms with Gasteiger partial charge in [-0.3, -0.25) is 4.79 Å². The second kappa shape index (κ2) is 9.71. The summed E-state index contributed by atoms with van der Waals surface area (Å²) in [4.78, 5) is 25.6. The average Bonchev–Trinajstić information content (AvgIpc) is 3.13. The molecule has 2 amide bonds. The minimum Gasteiger partial charge on any atom is -0.444 e. The Kier molecular flexibility index (Phi) is 7.85. The Morgan fingerprint density at radius 1 is 1.29 bits per heavy atom. The molecular formula is C18H29N3O5S2. The Balaban J connectivity index is 1.66. The van der Waals surface area contributed by atoms with Gasteiger partial charge in [0.1, 0.15) is 9.81 Å². The fraction of sp³-hybridized carbons (Fsp3) is 0.667. The summed E-state index contributed by atoms with van der Waals surface area (Å²) in [7, 11) is -3.48. The molecule has 0 radical (unpaired) electrons. The number of hydrogen-bond acceptors (Lipinski definition) is 6. The maximum absolute atomic E-state index is 12.3. The normalized spacial score (nSPS) is 16.0.